The number of carbonyl (C=O) groups excluding carboxylic acids is 2. The molecule has 2 aromatic heterocycles. The van der Waals surface area contributed by atoms with E-state index < -0.39 is 35.7 Å². The van der Waals surface area contributed by atoms with E-state index in [1.54, 1.807) is 18.2 Å². The minimum atomic E-state index is -5.20. The van der Waals surface area contributed by atoms with Crippen LogP contribution in [0.15, 0.2) is 58.5 Å². The van der Waals surface area contributed by atoms with Gasteiger partial charge in [-0.15, -0.1) is 0 Å². The minimum Gasteiger partial charge on any atom is -0.381 e. The zero-order valence-corrected chi connectivity index (χ0v) is 25.9. The smallest absolute Gasteiger partial charge is 0.381 e. The number of likely N-dealkylation sites (N-methyl/N-ethyl adjacent to an activating group) is 1. The Morgan fingerprint density at radius 1 is 1.00 bits per heavy atom. The van der Waals surface area contributed by atoms with Gasteiger partial charge in [0.25, 0.3) is 5.91 Å². The summed E-state index contributed by atoms with van der Waals surface area (Å²) in [7, 11) is 1.97. The number of nitrogens with one attached hydrogen (secondary N) is 2. The van der Waals surface area contributed by atoms with Crippen molar-refractivity contribution in [2.24, 2.45) is 0 Å². The number of fused-ring (bicyclic) bond motifs is 1. The van der Waals surface area contributed by atoms with Crippen LogP contribution in [-0.2, 0) is 9.53 Å². The third-order valence-corrected chi connectivity index (χ3v) is 8.95. The summed E-state index contributed by atoms with van der Waals surface area (Å²) < 4.78 is 75.1. The fourth-order valence-corrected chi connectivity index (χ4v) is 6.49. The Bertz CT molecular complexity index is 1770. The molecule has 2 amide bonds. The highest BCUT2D eigenvalue weighted by Gasteiger charge is 2.46. The number of alkyl halides is 3. The molecule has 47 heavy (non-hydrogen) atoms. The third kappa shape index (κ3) is 7.34. The summed E-state index contributed by atoms with van der Waals surface area (Å²) in [5.41, 5.74) is 0.883. The number of pyridine rings is 1. The summed E-state index contributed by atoms with van der Waals surface area (Å²) >= 11 is 0.987. The molecule has 0 bridgehead atoms. The normalized spacial score (nSPS) is 16.4. The summed E-state index contributed by atoms with van der Waals surface area (Å²) in [5, 5.41) is 9.86. The van der Waals surface area contributed by atoms with E-state index in [9.17, 15) is 31.5 Å². The molecule has 248 valence electrons. The molecule has 0 atom stereocenters. The van der Waals surface area contributed by atoms with Crippen LogP contribution in [0.1, 0.15) is 23.2 Å². The molecule has 4 aromatic rings. The van der Waals surface area contributed by atoms with Gasteiger partial charge in [0.05, 0.1) is 16.8 Å². The number of rotatable bonds is 7. The molecule has 10 nitrogen and oxygen atoms in total. The number of amides is 2. The summed E-state index contributed by atoms with van der Waals surface area (Å²) in [5.74, 6) is -4.41. The van der Waals surface area contributed by atoms with Gasteiger partial charge in [0.15, 0.2) is 5.82 Å². The van der Waals surface area contributed by atoms with Gasteiger partial charge in [-0.1, -0.05) is 11.8 Å². The van der Waals surface area contributed by atoms with Crippen molar-refractivity contribution in [1.82, 2.24) is 20.1 Å². The van der Waals surface area contributed by atoms with Crippen molar-refractivity contribution in [3.8, 4) is 0 Å². The predicted octanol–water partition coefficient (Wildman–Crippen LogP) is 5.47. The highest BCUT2D eigenvalue weighted by molar-refractivity contribution is 7.99. The standard InChI is InChI=1S/C31H30F5N7O3S/c1-41-8-10-42(11-9-41)21-2-3-23(25(17-21)43(30(45)31(34,35)36)20-6-12-46-13-7-20)29(44)38-28-27-24(39-40-28)4-5-26(37-27)47-22-15-18(32)14-19(33)16-22/h2-5,14-17,20H,6-13H2,1H3,(H2,38,39,40,44). The zero-order valence-electron chi connectivity index (χ0n) is 25.1. The number of hydrogen-bond donors (Lipinski definition) is 2. The molecule has 0 radical (unpaired) electrons. The number of aromatic nitrogens is 3. The van der Waals surface area contributed by atoms with Crippen molar-refractivity contribution < 1.29 is 36.3 Å². The van der Waals surface area contributed by atoms with Gasteiger partial charge in [-0.05, 0) is 62.4 Å². The summed E-state index contributed by atoms with van der Waals surface area (Å²) in [6, 6.07) is 9.95. The number of benzene rings is 2. The van der Waals surface area contributed by atoms with E-state index in [0.717, 1.165) is 43.1 Å². The highest BCUT2D eigenvalue weighted by Crippen LogP contribution is 2.36. The fourth-order valence-electron chi connectivity index (χ4n) is 5.63. The van der Waals surface area contributed by atoms with Crippen molar-refractivity contribution in [1.29, 1.82) is 0 Å². The van der Waals surface area contributed by atoms with Gasteiger partial charge in [-0.2, -0.15) is 18.3 Å². The van der Waals surface area contributed by atoms with Crippen molar-refractivity contribution in [2.75, 3.05) is 61.6 Å². The van der Waals surface area contributed by atoms with Gasteiger partial charge in [-0.25, -0.2) is 13.8 Å². The van der Waals surface area contributed by atoms with Crippen LogP contribution >= 0.6 is 11.8 Å². The lowest BCUT2D eigenvalue weighted by Crippen LogP contribution is -2.50. The van der Waals surface area contributed by atoms with Crippen LogP contribution in [0.5, 0.6) is 0 Å². The average Bonchev–Trinajstić information content (AvgIpc) is 3.42. The van der Waals surface area contributed by atoms with Crippen LogP contribution < -0.4 is 15.1 Å². The maximum absolute atomic E-state index is 14.1. The number of hydrogen-bond acceptors (Lipinski definition) is 8. The number of anilines is 3. The van der Waals surface area contributed by atoms with E-state index in [2.05, 4.69) is 25.4 Å². The minimum absolute atomic E-state index is 0.0215. The number of aromatic amines is 1. The first kappa shape index (κ1) is 32.7. The van der Waals surface area contributed by atoms with E-state index >= 15 is 0 Å². The van der Waals surface area contributed by atoms with Gasteiger partial charge >= 0.3 is 12.1 Å². The van der Waals surface area contributed by atoms with E-state index in [0.29, 0.717) is 34.2 Å². The van der Waals surface area contributed by atoms with Gasteiger partial charge in [0, 0.05) is 62.1 Å². The fraction of sp³-hybridized carbons (Fsp3) is 0.355. The molecule has 2 fully saturated rings. The van der Waals surface area contributed by atoms with Gasteiger partial charge in [0.2, 0.25) is 0 Å². The summed E-state index contributed by atoms with van der Waals surface area (Å²) in [4.78, 5) is 36.5. The second-order valence-corrected chi connectivity index (χ2v) is 12.4. The molecule has 0 saturated carbocycles. The molecule has 16 heteroatoms. The average molecular weight is 676 g/mol. The summed E-state index contributed by atoms with van der Waals surface area (Å²) in [6.07, 6.45) is -4.88. The van der Waals surface area contributed by atoms with E-state index in [1.807, 2.05) is 11.9 Å². The topological polar surface area (TPSA) is 107 Å². The Morgan fingerprint density at radius 3 is 2.38 bits per heavy atom. The highest BCUT2D eigenvalue weighted by atomic mass is 32.2. The Labute approximate surface area is 270 Å². The number of nitrogens with zero attached hydrogens (tertiary/aromatic N) is 5. The number of H-pyrrole nitrogens is 1. The largest absolute Gasteiger partial charge is 0.471 e. The molecule has 0 unspecified atom stereocenters. The van der Waals surface area contributed by atoms with E-state index in [-0.39, 0.29) is 53.5 Å². The Hall–Kier alpha value is -4.28. The number of carbonyl (C=O) groups is 2. The molecule has 0 spiro atoms. The van der Waals surface area contributed by atoms with Crippen LogP contribution in [-0.4, -0.2) is 90.6 Å². The van der Waals surface area contributed by atoms with E-state index in [4.69, 9.17) is 4.74 Å². The van der Waals surface area contributed by atoms with Crippen molar-refractivity contribution in [3.05, 3.63) is 65.7 Å². The lowest BCUT2D eigenvalue weighted by Gasteiger charge is -2.37. The SMILES string of the molecule is CN1CCN(c2ccc(C(=O)Nc3n[nH]c4ccc(Sc5cc(F)cc(F)c5)nc34)c(N(C(=O)C(F)(F)F)C3CCOCC3)c2)CC1. The molecule has 2 aliphatic heterocycles. The Balaban J connectivity index is 1.36. The second-order valence-electron chi connectivity index (χ2n) is 11.3. The molecule has 6 rings (SSSR count). The molecule has 4 heterocycles. The monoisotopic (exact) mass is 675 g/mol. The van der Waals surface area contributed by atoms with Crippen LogP contribution in [0.4, 0.5) is 39.1 Å². The Kier molecular flexibility index (Phi) is 9.34. The number of halogens is 5. The molecule has 2 saturated heterocycles. The lowest BCUT2D eigenvalue weighted by molar-refractivity contribution is -0.171. The molecular weight excluding hydrogens is 645 g/mol. The van der Waals surface area contributed by atoms with Crippen molar-refractivity contribution in [3.63, 3.8) is 0 Å². The van der Waals surface area contributed by atoms with Crippen LogP contribution in [0, 0.1) is 11.6 Å². The first-order valence-electron chi connectivity index (χ1n) is 14.8. The maximum Gasteiger partial charge on any atom is 0.471 e. The summed E-state index contributed by atoms with van der Waals surface area (Å²) in [6.45, 7) is 3.02. The molecule has 2 N–H and O–H groups in total. The first-order chi connectivity index (χ1) is 22.5. The molecular formula is C31H30F5N7O3S. The van der Waals surface area contributed by atoms with Crippen LogP contribution in [0.2, 0.25) is 0 Å². The van der Waals surface area contributed by atoms with Crippen LogP contribution in [0.3, 0.4) is 0 Å². The van der Waals surface area contributed by atoms with Gasteiger partial charge in [-0.3, -0.25) is 14.7 Å². The number of piperazine rings is 1. The van der Waals surface area contributed by atoms with Crippen LogP contribution in [0.25, 0.3) is 11.0 Å². The quantitative estimate of drug-likeness (QED) is 0.249. The Morgan fingerprint density at radius 2 is 1.70 bits per heavy atom. The predicted molar refractivity (Wildman–Crippen MR) is 166 cm³/mol. The number of ether oxygens (including phenoxy) is 1. The lowest BCUT2D eigenvalue weighted by atomic mass is 10.0. The van der Waals surface area contributed by atoms with Crippen molar-refractivity contribution >= 4 is 51.8 Å². The van der Waals surface area contributed by atoms with Gasteiger partial charge < -0.3 is 24.8 Å². The maximum atomic E-state index is 14.1. The molecule has 0 aliphatic carbocycles. The third-order valence-electron chi connectivity index (χ3n) is 8.04. The van der Waals surface area contributed by atoms with Crippen molar-refractivity contribution in [2.45, 2.75) is 35.0 Å². The first-order valence-corrected chi connectivity index (χ1v) is 15.6. The molecule has 2 aliphatic rings. The zero-order chi connectivity index (χ0) is 33.3. The van der Waals surface area contributed by atoms with Gasteiger partial charge in [0.1, 0.15) is 22.2 Å². The van der Waals surface area contributed by atoms with E-state index in [1.165, 1.54) is 12.1 Å². The molecule has 2 aromatic carbocycles. The second kappa shape index (κ2) is 13.4.